The van der Waals surface area contributed by atoms with Crippen LogP contribution >= 0.6 is 11.3 Å². The number of imidazole rings is 1. The molecule has 0 aliphatic rings. The minimum Gasteiger partial charge on any atom is -0.465 e. The first-order valence-electron chi connectivity index (χ1n) is 6.87. The van der Waals surface area contributed by atoms with Crippen molar-refractivity contribution in [2.75, 3.05) is 18.5 Å². The quantitative estimate of drug-likeness (QED) is 0.795. The third-order valence-electron chi connectivity index (χ3n) is 3.14. The average molecular weight is 308 g/mol. The second-order valence-electron chi connectivity index (χ2n) is 5.11. The lowest BCUT2D eigenvalue weighted by molar-refractivity contribution is -0.148. The Morgan fingerprint density at radius 2 is 2.33 bits per heavy atom. The van der Waals surface area contributed by atoms with Crippen molar-refractivity contribution < 1.29 is 9.53 Å². The molecular weight excluding hydrogens is 288 g/mol. The number of nitrogens with zero attached hydrogens (tertiary/aromatic N) is 3. The highest BCUT2D eigenvalue weighted by molar-refractivity contribution is 7.13. The number of hydrogen-bond donors (Lipinski definition) is 1. The van der Waals surface area contributed by atoms with Gasteiger partial charge in [0, 0.05) is 30.9 Å². The zero-order valence-electron chi connectivity index (χ0n) is 12.5. The summed E-state index contributed by atoms with van der Waals surface area (Å²) in [6.07, 6.45) is 5.45. The van der Waals surface area contributed by atoms with Crippen LogP contribution in [0.2, 0.25) is 0 Å². The molecule has 0 saturated heterocycles. The number of carbonyl (C=O) groups excluding carboxylic acids is 1. The van der Waals surface area contributed by atoms with Crippen LogP contribution in [0.4, 0.5) is 5.13 Å². The molecule has 21 heavy (non-hydrogen) atoms. The van der Waals surface area contributed by atoms with E-state index in [2.05, 4.69) is 15.3 Å². The van der Waals surface area contributed by atoms with Gasteiger partial charge in [0.1, 0.15) is 5.41 Å². The molecule has 2 aromatic rings. The number of ether oxygens (including phenoxy) is 1. The summed E-state index contributed by atoms with van der Waals surface area (Å²) in [7, 11) is 0. The number of rotatable bonds is 7. The first-order valence-corrected chi connectivity index (χ1v) is 7.75. The van der Waals surface area contributed by atoms with Gasteiger partial charge in [-0.3, -0.25) is 4.79 Å². The van der Waals surface area contributed by atoms with Gasteiger partial charge >= 0.3 is 5.97 Å². The first kappa shape index (κ1) is 15.5. The third kappa shape index (κ3) is 3.81. The van der Waals surface area contributed by atoms with E-state index in [1.807, 2.05) is 30.0 Å². The third-order valence-corrected chi connectivity index (χ3v) is 3.94. The van der Waals surface area contributed by atoms with Gasteiger partial charge in [0.2, 0.25) is 0 Å². The lowest BCUT2D eigenvalue weighted by Crippen LogP contribution is -2.31. The van der Waals surface area contributed by atoms with Crippen molar-refractivity contribution in [3.05, 3.63) is 29.8 Å². The molecule has 0 aromatic carbocycles. The van der Waals surface area contributed by atoms with E-state index < -0.39 is 5.41 Å². The minimum absolute atomic E-state index is 0.250. The maximum atomic E-state index is 12.0. The molecule has 2 heterocycles. The van der Waals surface area contributed by atoms with E-state index in [0.717, 1.165) is 23.9 Å². The Balaban J connectivity index is 1.92. The number of aromatic nitrogens is 3. The summed E-state index contributed by atoms with van der Waals surface area (Å²) >= 11 is 1.49. The van der Waals surface area contributed by atoms with Gasteiger partial charge in [0.25, 0.3) is 0 Å². The number of anilines is 1. The van der Waals surface area contributed by atoms with Crippen LogP contribution in [0.25, 0.3) is 0 Å². The molecule has 0 spiro atoms. The average Bonchev–Trinajstić information content (AvgIpc) is 3.10. The van der Waals surface area contributed by atoms with Crippen LogP contribution in [0, 0.1) is 0 Å². The molecule has 0 amide bonds. The highest BCUT2D eigenvalue weighted by atomic mass is 32.1. The molecule has 1 N–H and O–H groups in total. The van der Waals surface area contributed by atoms with Gasteiger partial charge in [-0.05, 0) is 20.8 Å². The van der Waals surface area contributed by atoms with Gasteiger partial charge in [0.15, 0.2) is 5.13 Å². The second-order valence-corrected chi connectivity index (χ2v) is 5.97. The predicted octanol–water partition coefficient (Wildman–Crippen LogP) is 2.29. The minimum atomic E-state index is -0.725. The molecule has 2 rings (SSSR count). The van der Waals surface area contributed by atoms with E-state index in [-0.39, 0.29) is 5.97 Å². The Morgan fingerprint density at radius 3 is 3.00 bits per heavy atom. The van der Waals surface area contributed by atoms with Crippen molar-refractivity contribution in [1.29, 1.82) is 0 Å². The molecule has 114 valence electrons. The Labute approximate surface area is 128 Å². The van der Waals surface area contributed by atoms with Crippen LogP contribution in [0.1, 0.15) is 26.5 Å². The van der Waals surface area contributed by atoms with Crippen molar-refractivity contribution in [2.24, 2.45) is 0 Å². The molecule has 2 aromatic heterocycles. The van der Waals surface area contributed by atoms with Crippen molar-refractivity contribution in [3.63, 3.8) is 0 Å². The number of nitrogens with one attached hydrogen (secondary N) is 1. The maximum absolute atomic E-state index is 12.0. The fourth-order valence-corrected chi connectivity index (χ4v) is 2.68. The SMILES string of the molecule is CCOC(=O)C(C)(C)c1csc(NCCn2ccnc2)n1. The molecule has 0 fully saturated rings. The Kier molecular flexibility index (Phi) is 4.95. The summed E-state index contributed by atoms with van der Waals surface area (Å²) in [5.74, 6) is -0.250. The maximum Gasteiger partial charge on any atom is 0.317 e. The first-order chi connectivity index (χ1) is 10.0. The standard InChI is InChI=1S/C14H20N4O2S/c1-4-20-12(19)14(2,3)11-9-21-13(17-11)16-6-8-18-7-5-15-10-18/h5,7,9-10H,4,6,8H2,1-3H3,(H,16,17). The molecule has 0 aliphatic carbocycles. The number of hydrogen-bond acceptors (Lipinski definition) is 6. The van der Waals surface area contributed by atoms with E-state index >= 15 is 0 Å². The zero-order chi connectivity index (χ0) is 15.3. The van der Waals surface area contributed by atoms with Gasteiger partial charge in [-0.15, -0.1) is 11.3 Å². The van der Waals surface area contributed by atoms with E-state index in [0.29, 0.717) is 6.61 Å². The molecule has 6 nitrogen and oxygen atoms in total. The Morgan fingerprint density at radius 1 is 1.52 bits per heavy atom. The summed E-state index contributed by atoms with van der Waals surface area (Å²) in [4.78, 5) is 20.4. The van der Waals surface area contributed by atoms with Gasteiger partial charge < -0.3 is 14.6 Å². The molecule has 0 radical (unpaired) electrons. The Hall–Kier alpha value is -1.89. The highest BCUT2D eigenvalue weighted by Gasteiger charge is 2.33. The van der Waals surface area contributed by atoms with Crippen molar-refractivity contribution in [1.82, 2.24) is 14.5 Å². The van der Waals surface area contributed by atoms with Crippen molar-refractivity contribution >= 4 is 22.4 Å². The number of thiazole rings is 1. The summed E-state index contributed by atoms with van der Waals surface area (Å²) in [6, 6.07) is 0. The summed E-state index contributed by atoms with van der Waals surface area (Å²) in [5, 5.41) is 5.96. The van der Waals surface area contributed by atoms with Crippen LogP contribution in [0.3, 0.4) is 0 Å². The monoisotopic (exact) mass is 308 g/mol. The van der Waals surface area contributed by atoms with Crippen molar-refractivity contribution in [2.45, 2.75) is 32.7 Å². The lowest BCUT2D eigenvalue weighted by atomic mass is 9.90. The Bertz CT molecular complexity index is 578. The summed E-state index contributed by atoms with van der Waals surface area (Å²) in [5.41, 5.74) is 0.00707. The van der Waals surface area contributed by atoms with Gasteiger partial charge in [-0.2, -0.15) is 0 Å². The van der Waals surface area contributed by atoms with Gasteiger partial charge in [-0.1, -0.05) is 0 Å². The molecule has 7 heteroatoms. The highest BCUT2D eigenvalue weighted by Crippen LogP contribution is 2.28. The zero-order valence-corrected chi connectivity index (χ0v) is 13.3. The lowest BCUT2D eigenvalue weighted by Gasteiger charge is -2.19. The summed E-state index contributed by atoms with van der Waals surface area (Å²) < 4.78 is 7.09. The van der Waals surface area contributed by atoms with Crippen LogP contribution in [0.15, 0.2) is 24.1 Å². The van der Waals surface area contributed by atoms with E-state index in [4.69, 9.17) is 4.74 Å². The fraction of sp³-hybridized carbons (Fsp3) is 0.500. The molecule has 0 atom stereocenters. The predicted molar refractivity (Wildman–Crippen MR) is 82.5 cm³/mol. The van der Waals surface area contributed by atoms with Crippen LogP contribution in [-0.4, -0.2) is 33.7 Å². The number of esters is 1. The normalized spacial score (nSPS) is 11.4. The molecule has 0 saturated carbocycles. The van der Waals surface area contributed by atoms with Gasteiger partial charge in [0.05, 0.1) is 18.6 Å². The van der Waals surface area contributed by atoms with E-state index in [1.165, 1.54) is 11.3 Å². The largest absolute Gasteiger partial charge is 0.465 e. The van der Waals surface area contributed by atoms with Gasteiger partial charge in [-0.25, -0.2) is 9.97 Å². The van der Waals surface area contributed by atoms with Crippen LogP contribution < -0.4 is 5.32 Å². The smallest absolute Gasteiger partial charge is 0.317 e. The molecule has 0 unspecified atom stereocenters. The van der Waals surface area contributed by atoms with E-state index in [1.54, 1.807) is 19.4 Å². The van der Waals surface area contributed by atoms with Crippen molar-refractivity contribution in [3.8, 4) is 0 Å². The second kappa shape index (κ2) is 6.71. The van der Waals surface area contributed by atoms with Crippen LogP contribution in [0.5, 0.6) is 0 Å². The molecule has 0 aliphatic heterocycles. The summed E-state index contributed by atoms with van der Waals surface area (Å²) in [6.45, 7) is 7.41. The fourth-order valence-electron chi connectivity index (χ4n) is 1.77. The number of carbonyl (C=O) groups is 1. The molecule has 0 bridgehead atoms. The molecular formula is C14H20N4O2S. The van der Waals surface area contributed by atoms with E-state index in [9.17, 15) is 4.79 Å². The van der Waals surface area contributed by atoms with Crippen LogP contribution in [-0.2, 0) is 21.5 Å². The topological polar surface area (TPSA) is 69.0 Å².